The number of carboxylic acids is 1. The highest BCUT2D eigenvalue weighted by Gasteiger charge is 2.30. The number of hydrogen-bond acceptors (Lipinski definition) is 4. The highest BCUT2D eigenvalue weighted by atomic mass is 16.5. The molecule has 2 aliphatic rings. The summed E-state index contributed by atoms with van der Waals surface area (Å²) in [6, 6.07) is 4.18. The fourth-order valence-electron chi connectivity index (χ4n) is 4.91. The van der Waals surface area contributed by atoms with Crippen LogP contribution in [0.4, 0.5) is 0 Å². The molecule has 1 saturated carbocycles. The first-order chi connectivity index (χ1) is 13.8. The standard InChI is InChI=1S/C24H38N2O3/c1-24(2,3)19-6-9-21(10-7-19)29-22-11-8-20(25-16-22)15-18-5-4-13-26(17-18)14-12-23(27)28/h8,11,16,18-19,21H,4-7,9-10,12-15,17H2,1-3H3,(H,27,28). The molecule has 1 aromatic heterocycles. The monoisotopic (exact) mass is 402 g/mol. The lowest BCUT2D eigenvalue weighted by molar-refractivity contribution is -0.137. The molecule has 1 atom stereocenters. The number of likely N-dealkylation sites (tertiary alicyclic amines) is 1. The number of hydrogen-bond donors (Lipinski definition) is 1. The van der Waals surface area contributed by atoms with Gasteiger partial charge in [0.05, 0.1) is 18.7 Å². The van der Waals surface area contributed by atoms with Gasteiger partial charge in [-0.05, 0) is 80.9 Å². The van der Waals surface area contributed by atoms with E-state index in [0.717, 1.165) is 56.1 Å². The van der Waals surface area contributed by atoms with Gasteiger partial charge in [0.2, 0.25) is 0 Å². The topological polar surface area (TPSA) is 62.7 Å². The Morgan fingerprint density at radius 2 is 1.97 bits per heavy atom. The molecule has 0 aromatic carbocycles. The van der Waals surface area contributed by atoms with Crippen LogP contribution in [0.3, 0.4) is 0 Å². The maximum atomic E-state index is 10.8. The van der Waals surface area contributed by atoms with Gasteiger partial charge in [0, 0.05) is 18.8 Å². The van der Waals surface area contributed by atoms with Crippen molar-refractivity contribution in [1.29, 1.82) is 0 Å². The van der Waals surface area contributed by atoms with E-state index in [0.29, 0.717) is 24.0 Å². The number of aliphatic carboxylic acids is 1. The number of aromatic nitrogens is 1. The third-order valence-corrected chi connectivity index (χ3v) is 6.74. The molecule has 3 rings (SSSR count). The fourth-order valence-corrected chi connectivity index (χ4v) is 4.91. The van der Waals surface area contributed by atoms with Gasteiger partial charge in [-0.1, -0.05) is 20.8 Å². The lowest BCUT2D eigenvalue weighted by Gasteiger charge is -2.36. The van der Waals surface area contributed by atoms with Crippen LogP contribution < -0.4 is 4.74 Å². The Morgan fingerprint density at radius 3 is 2.59 bits per heavy atom. The Balaban J connectivity index is 1.44. The predicted octanol–water partition coefficient (Wildman–Crippen LogP) is 4.79. The molecule has 5 heteroatoms. The Morgan fingerprint density at radius 1 is 1.21 bits per heavy atom. The molecule has 2 heterocycles. The molecule has 1 aliphatic heterocycles. The summed E-state index contributed by atoms with van der Waals surface area (Å²) in [5.74, 6) is 1.54. The number of carbonyl (C=O) groups is 1. The van der Waals surface area contributed by atoms with Gasteiger partial charge in [-0.3, -0.25) is 9.78 Å². The summed E-state index contributed by atoms with van der Waals surface area (Å²) in [6.07, 6.45) is 10.5. The summed E-state index contributed by atoms with van der Waals surface area (Å²) in [6.45, 7) is 9.69. The van der Waals surface area contributed by atoms with Gasteiger partial charge in [0.1, 0.15) is 5.75 Å². The Hall–Kier alpha value is -1.62. The molecule has 1 saturated heterocycles. The molecule has 2 fully saturated rings. The SMILES string of the molecule is CC(C)(C)C1CCC(Oc2ccc(CC3CCCN(CCC(=O)O)C3)nc2)CC1. The van der Waals surface area contributed by atoms with E-state index in [1.54, 1.807) is 0 Å². The van der Waals surface area contributed by atoms with Crippen molar-refractivity contribution in [3.63, 3.8) is 0 Å². The first-order valence-electron chi connectivity index (χ1n) is 11.4. The molecule has 0 radical (unpaired) electrons. The second kappa shape index (κ2) is 9.92. The van der Waals surface area contributed by atoms with Crippen LogP contribution in [-0.4, -0.2) is 46.7 Å². The van der Waals surface area contributed by atoms with E-state index in [1.165, 1.54) is 19.3 Å². The Labute approximate surface area is 175 Å². The molecule has 29 heavy (non-hydrogen) atoms. The van der Waals surface area contributed by atoms with Crippen molar-refractivity contribution in [3.05, 3.63) is 24.0 Å². The maximum absolute atomic E-state index is 10.8. The molecule has 1 aromatic rings. The normalized spacial score (nSPS) is 26.2. The molecule has 0 amide bonds. The number of piperidine rings is 1. The second-order valence-electron chi connectivity index (χ2n) is 10.1. The molecular formula is C24H38N2O3. The van der Waals surface area contributed by atoms with E-state index in [2.05, 4.69) is 42.8 Å². The highest BCUT2D eigenvalue weighted by molar-refractivity contribution is 5.66. The lowest BCUT2D eigenvalue weighted by atomic mass is 9.72. The average Bonchev–Trinajstić information content (AvgIpc) is 2.68. The first-order valence-corrected chi connectivity index (χ1v) is 11.4. The van der Waals surface area contributed by atoms with Crippen molar-refractivity contribution in [3.8, 4) is 5.75 Å². The molecule has 1 unspecified atom stereocenters. The zero-order valence-electron chi connectivity index (χ0n) is 18.4. The Bertz CT molecular complexity index is 645. The average molecular weight is 403 g/mol. The van der Waals surface area contributed by atoms with Crippen LogP contribution >= 0.6 is 0 Å². The van der Waals surface area contributed by atoms with Crippen molar-refractivity contribution in [2.24, 2.45) is 17.3 Å². The number of carboxylic acid groups (broad SMARTS) is 1. The van der Waals surface area contributed by atoms with Crippen molar-refractivity contribution < 1.29 is 14.6 Å². The number of nitrogens with zero attached hydrogens (tertiary/aromatic N) is 2. The van der Waals surface area contributed by atoms with E-state index in [4.69, 9.17) is 9.84 Å². The van der Waals surface area contributed by atoms with Crippen LogP contribution in [0.2, 0.25) is 0 Å². The first kappa shape index (κ1) is 22.1. The lowest BCUT2D eigenvalue weighted by Crippen LogP contribution is -2.37. The van der Waals surface area contributed by atoms with Crippen LogP contribution in [0.25, 0.3) is 0 Å². The van der Waals surface area contributed by atoms with Crippen molar-refractivity contribution in [2.45, 2.75) is 78.2 Å². The summed E-state index contributed by atoms with van der Waals surface area (Å²) in [5, 5.41) is 8.89. The van der Waals surface area contributed by atoms with Gasteiger partial charge in [-0.2, -0.15) is 0 Å². The van der Waals surface area contributed by atoms with Gasteiger partial charge in [-0.15, -0.1) is 0 Å². The maximum Gasteiger partial charge on any atom is 0.304 e. The summed E-state index contributed by atoms with van der Waals surface area (Å²) in [7, 11) is 0. The third-order valence-electron chi connectivity index (χ3n) is 6.74. The molecule has 162 valence electrons. The molecule has 1 aliphatic carbocycles. The van der Waals surface area contributed by atoms with E-state index >= 15 is 0 Å². The van der Waals surface area contributed by atoms with Crippen LogP contribution in [0.5, 0.6) is 5.75 Å². The zero-order valence-corrected chi connectivity index (χ0v) is 18.4. The van der Waals surface area contributed by atoms with Crippen molar-refractivity contribution in [2.75, 3.05) is 19.6 Å². The largest absolute Gasteiger partial charge is 0.489 e. The molecule has 0 spiro atoms. The van der Waals surface area contributed by atoms with Crippen LogP contribution in [0.15, 0.2) is 18.3 Å². The molecule has 5 nitrogen and oxygen atoms in total. The summed E-state index contributed by atoms with van der Waals surface area (Å²) in [5.41, 5.74) is 1.51. The molecular weight excluding hydrogens is 364 g/mol. The van der Waals surface area contributed by atoms with E-state index in [9.17, 15) is 4.79 Å². The van der Waals surface area contributed by atoms with Gasteiger partial charge < -0.3 is 14.7 Å². The minimum Gasteiger partial charge on any atom is -0.489 e. The summed E-state index contributed by atoms with van der Waals surface area (Å²) in [4.78, 5) is 17.7. The minimum absolute atomic E-state index is 0.231. The van der Waals surface area contributed by atoms with Gasteiger partial charge in [0.25, 0.3) is 0 Å². The van der Waals surface area contributed by atoms with Gasteiger partial charge >= 0.3 is 5.97 Å². The molecule has 0 bridgehead atoms. The second-order valence-corrected chi connectivity index (χ2v) is 10.1. The van der Waals surface area contributed by atoms with Crippen molar-refractivity contribution in [1.82, 2.24) is 9.88 Å². The van der Waals surface area contributed by atoms with E-state index < -0.39 is 5.97 Å². The fraction of sp³-hybridized carbons (Fsp3) is 0.750. The number of rotatable bonds is 7. The number of pyridine rings is 1. The third kappa shape index (κ3) is 6.98. The van der Waals surface area contributed by atoms with Crippen molar-refractivity contribution >= 4 is 5.97 Å². The van der Waals surface area contributed by atoms with Crippen LogP contribution in [0.1, 0.15) is 71.4 Å². The van der Waals surface area contributed by atoms with Gasteiger partial charge in [0.15, 0.2) is 0 Å². The smallest absolute Gasteiger partial charge is 0.304 e. The molecule has 1 N–H and O–H groups in total. The Kier molecular flexibility index (Phi) is 7.55. The van der Waals surface area contributed by atoms with Crippen LogP contribution in [-0.2, 0) is 11.2 Å². The van der Waals surface area contributed by atoms with E-state index in [1.807, 2.05) is 6.20 Å². The zero-order chi connectivity index (χ0) is 20.9. The van der Waals surface area contributed by atoms with Crippen LogP contribution in [0, 0.1) is 17.3 Å². The van der Waals surface area contributed by atoms with Gasteiger partial charge in [-0.25, -0.2) is 0 Å². The summed E-state index contributed by atoms with van der Waals surface area (Å²) >= 11 is 0. The highest BCUT2D eigenvalue weighted by Crippen LogP contribution is 2.38. The predicted molar refractivity (Wildman–Crippen MR) is 115 cm³/mol. The summed E-state index contributed by atoms with van der Waals surface area (Å²) < 4.78 is 6.21. The number of ether oxygens (including phenoxy) is 1. The minimum atomic E-state index is -0.712. The quantitative estimate of drug-likeness (QED) is 0.710. The van der Waals surface area contributed by atoms with E-state index in [-0.39, 0.29) is 6.42 Å².